The minimum absolute atomic E-state index is 0.129. The molecule has 0 unspecified atom stereocenters. The van der Waals surface area contributed by atoms with E-state index in [1.165, 1.54) is 37.8 Å². The lowest BCUT2D eigenvalue weighted by Crippen LogP contribution is -2.22. The van der Waals surface area contributed by atoms with Crippen molar-refractivity contribution in [2.75, 3.05) is 6.54 Å². The number of rotatable bonds is 13. The first-order valence-corrected chi connectivity index (χ1v) is 9.57. The molecule has 4 heteroatoms. The number of hydrogen-bond donors (Lipinski definition) is 1. The SMILES string of the molecule is CCCCCCCCNC(=O)C=CC(=O)CC(=S)Cc1ccccc1. The van der Waals surface area contributed by atoms with Crippen molar-refractivity contribution in [1.82, 2.24) is 5.32 Å². The van der Waals surface area contributed by atoms with Gasteiger partial charge >= 0.3 is 0 Å². The molecule has 0 aliphatic heterocycles. The van der Waals surface area contributed by atoms with E-state index >= 15 is 0 Å². The highest BCUT2D eigenvalue weighted by Crippen LogP contribution is 2.05. The van der Waals surface area contributed by atoms with E-state index < -0.39 is 0 Å². The van der Waals surface area contributed by atoms with E-state index in [-0.39, 0.29) is 18.1 Å². The zero-order valence-electron chi connectivity index (χ0n) is 15.1. The van der Waals surface area contributed by atoms with Crippen molar-refractivity contribution < 1.29 is 9.59 Å². The highest BCUT2D eigenvalue weighted by atomic mass is 32.1. The number of ketones is 1. The topological polar surface area (TPSA) is 46.2 Å². The fourth-order valence-corrected chi connectivity index (χ4v) is 2.79. The number of allylic oxidation sites excluding steroid dienone is 1. The number of thiocarbonyl (C=S) groups is 1. The van der Waals surface area contributed by atoms with Gasteiger partial charge in [0.2, 0.25) is 5.91 Å². The molecule has 3 nitrogen and oxygen atoms in total. The molecule has 1 aromatic carbocycles. The molecule has 0 spiro atoms. The van der Waals surface area contributed by atoms with Gasteiger partial charge in [-0.2, -0.15) is 0 Å². The number of hydrogen-bond acceptors (Lipinski definition) is 3. The van der Waals surface area contributed by atoms with E-state index in [0.717, 1.165) is 18.4 Å². The summed E-state index contributed by atoms with van der Waals surface area (Å²) in [4.78, 5) is 24.2. The van der Waals surface area contributed by atoms with Crippen LogP contribution in [0.3, 0.4) is 0 Å². The summed E-state index contributed by atoms with van der Waals surface area (Å²) in [5.41, 5.74) is 1.10. The average molecular weight is 360 g/mol. The van der Waals surface area contributed by atoms with Crippen LogP contribution in [0.4, 0.5) is 0 Å². The Morgan fingerprint density at radius 2 is 1.68 bits per heavy atom. The molecule has 0 fully saturated rings. The maximum absolute atomic E-state index is 11.9. The third-order valence-corrected chi connectivity index (χ3v) is 4.15. The molecule has 0 aromatic heterocycles. The number of carbonyl (C=O) groups is 2. The Kier molecular flexibility index (Phi) is 11.4. The van der Waals surface area contributed by atoms with Crippen LogP contribution in [0.5, 0.6) is 0 Å². The lowest BCUT2D eigenvalue weighted by atomic mass is 10.1. The molecule has 0 heterocycles. The van der Waals surface area contributed by atoms with Gasteiger partial charge in [0.05, 0.1) is 0 Å². The Morgan fingerprint density at radius 1 is 1.00 bits per heavy atom. The maximum Gasteiger partial charge on any atom is 0.244 e. The zero-order valence-corrected chi connectivity index (χ0v) is 15.9. The van der Waals surface area contributed by atoms with Crippen LogP contribution in [0.1, 0.15) is 57.4 Å². The standard InChI is InChI=1S/C21H29NO2S/c1-2-3-4-5-6-10-15-22-21(24)14-13-19(23)17-20(25)16-18-11-8-7-9-12-18/h7-9,11-14H,2-6,10,15-17H2,1H3,(H,22,24). The molecule has 1 rings (SSSR count). The summed E-state index contributed by atoms with van der Waals surface area (Å²) < 4.78 is 0. The average Bonchev–Trinajstić information content (AvgIpc) is 2.60. The second-order valence-electron chi connectivity index (χ2n) is 6.24. The van der Waals surface area contributed by atoms with Crippen LogP contribution in [-0.4, -0.2) is 23.1 Å². The zero-order chi connectivity index (χ0) is 18.3. The molecule has 1 N–H and O–H groups in total. The molecule has 0 saturated carbocycles. The molecule has 1 aromatic rings. The van der Waals surface area contributed by atoms with Gasteiger partial charge in [-0.15, -0.1) is 0 Å². The molecule has 0 aliphatic rings. The fourth-order valence-electron chi connectivity index (χ4n) is 2.48. The molecule has 25 heavy (non-hydrogen) atoms. The van der Waals surface area contributed by atoms with Crippen molar-refractivity contribution >= 4 is 28.8 Å². The van der Waals surface area contributed by atoms with Gasteiger partial charge in [0.15, 0.2) is 5.78 Å². The minimum Gasteiger partial charge on any atom is -0.353 e. The summed E-state index contributed by atoms with van der Waals surface area (Å²) in [6, 6.07) is 9.83. The summed E-state index contributed by atoms with van der Waals surface area (Å²) in [5.74, 6) is -0.341. The monoisotopic (exact) mass is 359 g/mol. The van der Waals surface area contributed by atoms with Crippen molar-refractivity contribution in [3.63, 3.8) is 0 Å². The normalized spacial score (nSPS) is 10.8. The Balaban J connectivity index is 2.16. The van der Waals surface area contributed by atoms with Crippen LogP contribution in [0, 0.1) is 0 Å². The molecule has 0 atom stereocenters. The van der Waals surface area contributed by atoms with Crippen LogP contribution in [-0.2, 0) is 16.0 Å². The first-order chi connectivity index (χ1) is 12.1. The second kappa shape index (κ2) is 13.5. The Bertz CT molecular complexity index is 567. The van der Waals surface area contributed by atoms with Crippen molar-refractivity contribution in [1.29, 1.82) is 0 Å². The number of nitrogens with one attached hydrogen (secondary N) is 1. The van der Waals surface area contributed by atoms with Gasteiger partial charge in [0.25, 0.3) is 0 Å². The van der Waals surface area contributed by atoms with Crippen LogP contribution in [0.2, 0.25) is 0 Å². The molecule has 0 saturated heterocycles. The smallest absolute Gasteiger partial charge is 0.244 e. The number of amides is 1. The van der Waals surface area contributed by atoms with E-state index in [1.807, 2.05) is 30.3 Å². The number of unbranched alkanes of at least 4 members (excludes halogenated alkanes) is 5. The summed E-state index contributed by atoms with van der Waals surface area (Å²) in [5, 5.41) is 2.81. The summed E-state index contributed by atoms with van der Waals surface area (Å²) >= 11 is 5.27. The van der Waals surface area contributed by atoms with Crippen molar-refractivity contribution in [3.05, 3.63) is 48.0 Å². The lowest BCUT2D eigenvalue weighted by Gasteiger charge is -2.03. The molecule has 136 valence electrons. The quantitative estimate of drug-likeness (QED) is 0.318. The van der Waals surface area contributed by atoms with Crippen molar-refractivity contribution in [2.24, 2.45) is 0 Å². The number of benzene rings is 1. The van der Waals surface area contributed by atoms with Gasteiger partial charge < -0.3 is 5.32 Å². The molecule has 0 aliphatic carbocycles. The van der Waals surface area contributed by atoms with Crippen LogP contribution in [0.25, 0.3) is 0 Å². The van der Waals surface area contributed by atoms with Gasteiger partial charge in [0, 0.05) is 30.3 Å². The van der Waals surface area contributed by atoms with Gasteiger partial charge in [-0.05, 0) is 18.1 Å². The van der Waals surface area contributed by atoms with E-state index in [1.54, 1.807) is 0 Å². The van der Waals surface area contributed by atoms with E-state index in [2.05, 4.69) is 12.2 Å². The Labute approximate surface area is 156 Å². The summed E-state index contributed by atoms with van der Waals surface area (Å²) in [6.45, 7) is 2.86. The lowest BCUT2D eigenvalue weighted by molar-refractivity contribution is -0.117. The van der Waals surface area contributed by atoms with Crippen molar-refractivity contribution in [2.45, 2.75) is 58.3 Å². The predicted octanol–water partition coefficient (Wildman–Crippen LogP) is 4.59. The van der Waals surface area contributed by atoms with Crippen LogP contribution in [0.15, 0.2) is 42.5 Å². The largest absolute Gasteiger partial charge is 0.353 e. The van der Waals surface area contributed by atoms with Crippen LogP contribution < -0.4 is 5.32 Å². The fraction of sp³-hybridized carbons (Fsp3) is 0.476. The van der Waals surface area contributed by atoms with Gasteiger partial charge in [0.1, 0.15) is 0 Å². The van der Waals surface area contributed by atoms with Gasteiger partial charge in [-0.3, -0.25) is 9.59 Å². The predicted molar refractivity (Wildman–Crippen MR) is 108 cm³/mol. The van der Waals surface area contributed by atoms with E-state index in [0.29, 0.717) is 17.8 Å². The number of carbonyl (C=O) groups excluding carboxylic acids is 2. The molecular weight excluding hydrogens is 330 g/mol. The van der Waals surface area contributed by atoms with Crippen molar-refractivity contribution in [3.8, 4) is 0 Å². The van der Waals surface area contributed by atoms with Crippen LogP contribution >= 0.6 is 12.2 Å². The minimum atomic E-state index is -0.212. The summed E-state index contributed by atoms with van der Waals surface area (Å²) in [7, 11) is 0. The van der Waals surface area contributed by atoms with Gasteiger partial charge in [-0.25, -0.2) is 0 Å². The second-order valence-corrected chi connectivity index (χ2v) is 6.81. The molecule has 1 amide bonds. The molecule has 0 bridgehead atoms. The Hall–Kier alpha value is -1.81. The third kappa shape index (κ3) is 11.4. The first kappa shape index (κ1) is 21.2. The first-order valence-electron chi connectivity index (χ1n) is 9.16. The summed E-state index contributed by atoms with van der Waals surface area (Å²) in [6.07, 6.45) is 10.6. The highest BCUT2D eigenvalue weighted by Gasteiger charge is 2.05. The third-order valence-electron chi connectivity index (χ3n) is 3.87. The maximum atomic E-state index is 11.9. The van der Waals surface area contributed by atoms with E-state index in [4.69, 9.17) is 12.2 Å². The molecular formula is C21H29NO2S. The van der Waals surface area contributed by atoms with E-state index in [9.17, 15) is 9.59 Å². The van der Waals surface area contributed by atoms with Gasteiger partial charge in [-0.1, -0.05) is 81.6 Å². The highest BCUT2D eigenvalue weighted by molar-refractivity contribution is 7.80. The molecule has 0 radical (unpaired) electrons. The Morgan fingerprint density at radius 3 is 2.40 bits per heavy atom.